The van der Waals surface area contributed by atoms with Crippen LogP contribution in [0.3, 0.4) is 0 Å². The van der Waals surface area contributed by atoms with Crippen LogP contribution in [-0.2, 0) is 4.79 Å². The highest BCUT2D eigenvalue weighted by Crippen LogP contribution is 2.36. The topological polar surface area (TPSA) is 78.1 Å². The molecule has 1 saturated heterocycles. The van der Waals surface area contributed by atoms with Crippen LogP contribution in [0.5, 0.6) is 5.75 Å². The number of amides is 1. The van der Waals surface area contributed by atoms with E-state index in [0.29, 0.717) is 29.8 Å². The maximum Gasteiger partial charge on any atom is 0.406 e. The van der Waals surface area contributed by atoms with Crippen molar-refractivity contribution in [3.63, 3.8) is 0 Å². The first-order chi connectivity index (χ1) is 18.2. The minimum atomic E-state index is -4.49. The number of benzene rings is 2. The van der Waals surface area contributed by atoms with E-state index in [2.05, 4.69) is 15.3 Å². The molecule has 0 bridgehead atoms. The summed E-state index contributed by atoms with van der Waals surface area (Å²) in [7, 11) is 1.56. The molecule has 5 rings (SSSR count). The lowest BCUT2D eigenvalue weighted by molar-refractivity contribution is -0.162. The van der Waals surface area contributed by atoms with Gasteiger partial charge in [-0.05, 0) is 43.4 Å². The fourth-order valence-corrected chi connectivity index (χ4v) is 4.91. The largest absolute Gasteiger partial charge is 0.495 e. The predicted octanol–water partition coefficient (Wildman–Crippen LogP) is 4.96. The Labute approximate surface area is 217 Å². The van der Waals surface area contributed by atoms with Crippen molar-refractivity contribution in [1.82, 2.24) is 29.4 Å². The van der Waals surface area contributed by atoms with Crippen molar-refractivity contribution in [1.29, 1.82) is 0 Å². The molecule has 2 aromatic carbocycles. The van der Waals surface area contributed by atoms with Crippen molar-refractivity contribution in [2.45, 2.75) is 37.9 Å². The van der Waals surface area contributed by atoms with Crippen molar-refractivity contribution in [3.05, 3.63) is 78.5 Å². The van der Waals surface area contributed by atoms with Crippen LogP contribution in [0.2, 0.25) is 0 Å². The number of methoxy groups -OCH3 is 1. The van der Waals surface area contributed by atoms with Crippen LogP contribution < -0.4 is 4.74 Å². The van der Waals surface area contributed by atoms with Crippen LogP contribution in [-0.4, -0.2) is 61.7 Å². The lowest BCUT2D eigenvalue weighted by atomic mass is 9.90. The average Bonchev–Trinajstić information content (AvgIpc) is 3.53. The maximum absolute atomic E-state index is 13.4. The van der Waals surface area contributed by atoms with Gasteiger partial charge in [0, 0.05) is 18.3 Å². The first kappa shape index (κ1) is 25.5. The summed E-state index contributed by atoms with van der Waals surface area (Å²) in [5, 5.41) is 8.44. The van der Waals surface area contributed by atoms with Crippen LogP contribution >= 0.6 is 0 Å². The zero-order valence-corrected chi connectivity index (χ0v) is 21.0. The Hall–Kier alpha value is -4.15. The Bertz CT molecular complexity index is 1420. The van der Waals surface area contributed by atoms with Gasteiger partial charge in [0.05, 0.1) is 31.0 Å². The first-order valence-corrected chi connectivity index (χ1v) is 12.2. The lowest BCUT2D eigenvalue weighted by Gasteiger charge is -2.25. The molecule has 198 valence electrons. The van der Waals surface area contributed by atoms with Crippen molar-refractivity contribution in [2.75, 3.05) is 20.2 Å². The van der Waals surface area contributed by atoms with E-state index in [1.54, 1.807) is 25.7 Å². The minimum absolute atomic E-state index is 0.0162. The monoisotopic (exact) mass is 524 g/mol. The standard InChI is InChI=1S/C27H27F3N6O2/c1-18-14-35(17-31-18)23-9-8-21(13-25(23)38-2)22-15-36(33-32-22)24-12-20(19-6-4-3-5-7-19)10-11-34(26(24)37)16-27(28,29)30/h3-9,13-15,17,20,24H,10-12,16H2,1-2H3/t20-,24-/m1/s1. The number of carbonyl (C=O) groups is 1. The van der Waals surface area contributed by atoms with Crippen LogP contribution in [0.4, 0.5) is 13.2 Å². The van der Waals surface area contributed by atoms with Gasteiger partial charge in [-0.3, -0.25) is 4.79 Å². The molecule has 0 spiro atoms. The van der Waals surface area contributed by atoms with Crippen LogP contribution in [0, 0.1) is 6.92 Å². The number of nitrogens with zero attached hydrogens (tertiary/aromatic N) is 6. The van der Waals surface area contributed by atoms with Gasteiger partial charge < -0.3 is 14.2 Å². The summed E-state index contributed by atoms with van der Waals surface area (Å²) >= 11 is 0. The van der Waals surface area contributed by atoms with Gasteiger partial charge in [-0.25, -0.2) is 9.67 Å². The zero-order valence-electron chi connectivity index (χ0n) is 21.0. The highest BCUT2D eigenvalue weighted by atomic mass is 19.4. The van der Waals surface area contributed by atoms with Gasteiger partial charge in [0.1, 0.15) is 24.0 Å². The molecule has 2 aromatic heterocycles. The summed E-state index contributed by atoms with van der Waals surface area (Å²) in [6.07, 6.45) is 1.43. The van der Waals surface area contributed by atoms with Crippen molar-refractivity contribution >= 4 is 5.91 Å². The van der Waals surface area contributed by atoms with E-state index in [-0.39, 0.29) is 12.5 Å². The number of ether oxygens (including phenoxy) is 1. The van der Waals surface area contributed by atoms with Crippen LogP contribution in [0.15, 0.2) is 67.3 Å². The van der Waals surface area contributed by atoms with Gasteiger partial charge >= 0.3 is 6.18 Å². The van der Waals surface area contributed by atoms with E-state index in [0.717, 1.165) is 21.8 Å². The van der Waals surface area contributed by atoms with Crippen molar-refractivity contribution in [3.8, 4) is 22.7 Å². The third-order valence-corrected chi connectivity index (χ3v) is 6.79. The number of aromatic nitrogens is 5. The Balaban J connectivity index is 1.46. The van der Waals surface area contributed by atoms with E-state index >= 15 is 0 Å². The molecule has 2 atom stereocenters. The number of aryl methyl sites for hydroxylation is 1. The van der Waals surface area contributed by atoms with E-state index in [1.165, 1.54) is 4.68 Å². The Morgan fingerprint density at radius 2 is 1.89 bits per heavy atom. The summed E-state index contributed by atoms with van der Waals surface area (Å²) in [4.78, 5) is 18.5. The lowest BCUT2D eigenvalue weighted by Crippen LogP contribution is -2.42. The second-order valence-corrected chi connectivity index (χ2v) is 9.42. The predicted molar refractivity (Wildman–Crippen MR) is 134 cm³/mol. The van der Waals surface area contributed by atoms with Crippen LogP contribution in [0.25, 0.3) is 16.9 Å². The second kappa shape index (κ2) is 10.3. The quantitative estimate of drug-likeness (QED) is 0.357. The van der Waals surface area contributed by atoms with E-state index in [4.69, 9.17) is 4.74 Å². The second-order valence-electron chi connectivity index (χ2n) is 9.42. The summed E-state index contributed by atoms with van der Waals surface area (Å²) < 4.78 is 48.7. The number of halogens is 3. The first-order valence-electron chi connectivity index (χ1n) is 12.2. The van der Waals surface area contributed by atoms with E-state index < -0.39 is 24.7 Å². The number of hydrogen-bond donors (Lipinski definition) is 0. The molecule has 38 heavy (non-hydrogen) atoms. The van der Waals surface area contributed by atoms with Gasteiger partial charge in [-0.1, -0.05) is 41.6 Å². The van der Waals surface area contributed by atoms with E-state index in [1.807, 2.05) is 60.2 Å². The van der Waals surface area contributed by atoms with Gasteiger partial charge in [0.2, 0.25) is 5.91 Å². The molecule has 11 heteroatoms. The van der Waals surface area contributed by atoms with Gasteiger partial charge in [0.15, 0.2) is 0 Å². The summed E-state index contributed by atoms with van der Waals surface area (Å²) in [6, 6.07) is 14.1. The number of hydrogen-bond acceptors (Lipinski definition) is 5. The smallest absolute Gasteiger partial charge is 0.406 e. The molecule has 0 N–H and O–H groups in total. The summed E-state index contributed by atoms with van der Waals surface area (Å²) in [5.41, 5.74) is 3.81. The molecule has 8 nitrogen and oxygen atoms in total. The summed E-state index contributed by atoms with van der Waals surface area (Å²) in [5.74, 6) is -0.129. The Morgan fingerprint density at radius 3 is 2.58 bits per heavy atom. The number of imidazole rings is 1. The molecule has 1 amide bonds. The average molecular weight is 525 g/mol. The Morgan fingerprint density at radius 1 is 1.11 bits per heavy atom. The molecule has 0 aliphatic carbocycles. The van der Waals surface area contributed by atoms with Gasteiger partial charge in [-0.2, -0.15) is 13.2 Å². The SMILES string of the molecule is COc1cc(-c2cn([C@@H]3C[C@H](c4ccccc4)CCN(CC(F)(F)F)C3=O)nn2)ccc1-n1cnc(C)c1. The van der Waals surface area contributed by atoms with Crippen LogP contribution in [0.1, 0.15) is 36.1 Å². The summed E-state index contributed by atoms with van der Waals surface area (Å²) in [6.45, 7) is 0.614. The molecule has 4 aromatic rings. The third-order valence-electron chi connectivity index (χ3n) is 6.79. The highest BCUT2D eigenvalue weighted by molar-refractivity contribution is 5.81. The zero-order chi connectivity index (χ0) is 26.9. The fourth-order valence-electron chi connectivity index (χ4n) is 4.91. The fraction of sp³-hybridized carbons (Fsp3) is 0.333. The van der Waals surface area contributed by atoms with E-state index in [9.17, 15) is 18.0 Å². The minimum Gasteiger partial charge on any atom is -0.495 e. The number of alkyl halides is 3. The molecule has 1 aliphatic rings. The van der Waals surface area contributed by atoms with Gasteiger partial charge in [0.25, 0.3) is 0 Å². The maximum atomic E-state index is 13.4. The van der Waals surface area contributed by atoms with Crippen molar-refractivity contribution in [2.24, 2.45) is 0 Å². The highest BCUT2D eigenvalue weighted by Gasteiger charge is 2.39. The molecular formula is C27H27F3N6O2. The van der Waals surface area contributed by atoms with Gasteiger partial charge in [-0.15, -0.1) is 5.10 Å². The molecule has 3 heterocycles. The number of likely N-dealkylation sites (tertiary alicyclic amines) is 1. The molecule has 1 aliphatic heterocycles. The molecule has 0 saturated carbocycles. The Kier molecular flexibility index (Phi) is 6.92. The number of rotatable bonds is 6. The third kappa shape index (κ3) is 5.41. The molecular weight excluding hydrogens is 497 g/mol. The van der Waals surface area contributed by atoms with Crippen molar-refractivity contribution < 1.29 is 22.7 Å². The molecule has 1 fully saturated rings. The molecule has 0 radical (unpaired) electrons. The normalized spacial score (nSPS) is 18.4. The number of carbonyl (C=O) groups excluding carboxylic acids is 1. The molecule has 0 unspecified atom stereocenters.